The molecule has 1 atom stereocenters. The number of pyridine rings is 1. The zero-order valence-corrected chi connectivity index (χ0v) is 7.22. The van der Waals surface area contributed by atoms with E-state index in [1.165, 1.54) is 0 Å². The fourth-order valence-electron chi connectivity index (χ4n) is 0.677. The summed E-state index contributed by atoms with van der Waals surface area (Å²) < 4.78 is 0. The number of rotatable bonds is 2. The van der Waals surface area contributed by atoms with Gasteiger partial charge in [-0.2, -0.15) is 12.6 Å². The number of nitrogens with zero attached hydrogens (tertiary/aromatic N) is 1. The first kappa shape index (κ1) is 8.56. The first-order valence-corrected chi connectivity index (χ1v) is 3.88. The molecule has 0 spiro atoms. The van der Waals surface area contributed by atoms with E-state index >= 15 is 0 Å². The Morgan fingerprint density at radius 1 is 1.55 bits per heavy atom. The first-order chi connectivity index (χ1) is 5.22. The maximum absolute atomic E-state index is 10.6. The lowest BCUT2D eigenvalue weighted by atomic mass is 10.2. The third-order valence-electron chi connectivity index (χ3n) is 1.24. The normalized spacial score (nSPS) is 12.5. The minimum Gasteiger partial charge on any atom is -0.280 e. The Labute approximate surface area is 75.0 Å². The Morgan fingerprint density at radius 3 is 2.55 bits per heavy atom. The van der Waals surface area contributed by atoms with Gasteiger partial charge in [0, 0.05) is 12.4 Å². The van der Waals surface area contributed by atoms with Crippen LogP contribution in [0.4, 0.5) is 0 Å². The number of halogens is 1. The molecular weight excluding hydrogens is 182 g/mol. The topological polar surface area (TPSA) is 30.0 Å². The van der Waals surface area contributed by atoms with Gasteiger partial charge in [0.05, 0.1) is 0 Å². The van der Waals surface area contributed by atoms with Crippen LogP contribution < -0.4 is 0 Å². The molecule has 1 rings (SSSR count). The molecule has 0 fully saturated rings. The van der Waals surface area contributed by atoms with Crippen molar-refractivity contribution in [2.45, 2.75) is 5.25 Å². The molecule has 0 aliphatic rings. The highest BCUT2D eigenvalue weighted by molar-refractivity contribution is 7.81. The van der Waals surface area contributed by atoms with Gasteiger partial charge in [-0.3, -0.25) is 9.78 Å². The van der Waals surface area contributed by atoms with Gasteiger partial charge in [-0.25, -0.2) is 0 Å². The number of aromatic nitrogens is 1. The van der Waals surface area contributed by atoms with Gasteiger partial charge < -0.3 is 0 Å². The molecule has 58 valence electrons. The Hall–Kier alpha value is -0.540. The Morgan fingerprint density at radius 2 is 2.09 bits per heavy atom. The molecule has 0 aliphatic carbocycles. The van der Waals surface area contributed by atoms with Crippen LogP contribution in [0.1, 0.15) is 10.8 Å². The fraction of sp³-hybridized carbons (Fsp3) is 0.143. The molecule has 1 aromatic rings. The summed E-state index contributed by atoms with van der Waals surface area (Å²) in [6.45, 7) is 0. The Bertz CT molecular complexity index is 252. The van der Waals surface area contributed by atoms with E-state index in [2.05, 4.69) is 17.6 Å². The lowest BCUT2D eigenvalue weighted by Crippen LogP contribution is -1.98. The van der Waals surface area contributed by atoms with Crippen molar-refractivity contribution in [3.8, 4) is 0 Å². The summed E-state index contributed by atoms with van der Waals surface area (Å²) in [4.78, 5) is 14.4. The molecule has 0 saturated heterocycles. The molecule has 0 N–H and O–H groups in total. The van der Waals surface area contributed by atoms with E-state index in [4.69, 9.17) is 11.6 Å². The fourth-order valence-corrected chi connectivity index (χ4v) is 0.975. The highest BCUT2D eigenvalue weighted by atomic mass is 35.5. The molecule has 2 nitrogen and oxygen atoms in total. The van der Waals surface area contributed by atoms with Crippen molar-refractivity contribution in [2.24, 2.45) is 0 Å². The van der Waals surface area contributed by atoms with Gasteiger partial charge in [0.15, 0.2) is 0 Å². The van der Waals surface area contributed by atoms with Gasteiger partial charge in [0.1, 0.15) is 5.25 Å². The van der Waals surface area contributed by atoms with Crippen molar-refractivity contribution in [2.75, 3.05) is 0 Å². The Balaban J connectivity index is 2.85. The van der Waals surface area contributed by atoms with Crippen LogP contribution in [-0.4, -0.2) is 10.2 Å². The van der Waals surface area contributed by atoms with Gasteiger partial charge >= 0.3 is 0 Å². The van der Waals surface area contributed by atoms with Crippen LogP contribution in [0.15, 0.2) is 24.5 Å². The summed E-state index contributed by atoms with van der Waals surface area (Å²) in [5, 5.41) is -1.01. The zero-order chi connectivity index (χ0) is 8.27. The SMILES string of the molecule is O=C(Cl)C(S)c1ccncc1. The van der Waals surface area contributed by atoms with Crippen molar-refractivity contribution >= 4 is 29.5 Å². The van der Waals surface area contributed by atoms with E-state index in [9.17, 15) is 4.79 Å². The molecule has 4 heteroatoms. The highest BCUT2D eigenvalue weighted by Crippen LogP contribution is 2.20. The molecule has 0 aromatic carbocycles. The van der Waals surface area contributed by atoms with Crippen LogP contribution >= 0.6 is 24.2 Å². The van der Waals surface area contributed by atoms with Gasteiger partial charge in [0.25, 0.3) is 0 Å². The van der Waals surface area contributed by atoms with Crippen LogP contribution in [0.2, 0.25) is 0 Å². The third-order valence-corrected chi connectivity index (χ3v) is 2.14. The summed E-state index contributed by atoms with van der Waals surface area (Å²) >= 11 is 9.23. The van der Waals surface area contributed by atoms with Crippen molar-refractivity contribution in [3.05, 3.63) is 30.1 Å². The maximum atomic E-state index is 10.6. The number of carbonyl (C=O) groups is 1. The van der Waals surface area contributed by atoms with Gasteiger partial charge in [0.2, 0.25) is 5.24 Å². The van der Waals surface area contributed by atoms with E-state index in [1.54, 1.807) is 24.5 Å². The summed E-state index contributed by atoms with van der Waals surface area (Å²) in [5.74, 6) is 0. The smallest absolute Gasteiger partial charge is 0.238 e. The molecular formula is C7H6ClNOS. The quantitative estimate of drug-likeness (QED) is 0.566. The standard InChI is InChI=1S/C7H6ClNOS/c8-7(10)6(11)5-1-3-9-4-2-5/h1-4,6,11H. The molecule has 1 heterocycles. The average Bonchev–Trinajstić information content (AvgIpc) is 2.05. The lowest BCUT2D eigenvalue weighted by molar-refractivity contribution is -0.111. The maximum Gasteiger partial charge on any atom is 0.238 e. The van der Waals surface area contributed by atoms with Crippen molar-refractivity contribution in [1.82, 2.24) is 4.98 Å². The second kappa shape index (κ2) is 3.74. The second-order valence-electron chi connectivity index (χ2n) is 1.99. The highest BCUT2D eigenvalue weighted by Gasteiger charge is 2.12. The van der Waals surface area contributed by atoms with Gasteiger partial charge in [-0.1, -0.05) is 0 Å². The molecule has 1 unspecified atom stereocenters. The van der Waals surface area contributed by atoms with Gasteiger partial charge in [-0.05, 0) is 29.3 Å². The molecule has 11 heavy (non-hydrogen) atoms. The number of hydrogen-bond acceptors (Lipinski definition) is 3. The van der Waals surface area contributed by atoms with Crippen LogP contribution in [0.3, 0.4) is 0 Å². The first-order valence-electron chi connectivity index (χ1n) is 2.99. The predicted octanol–water partition coefficient (Wildman–Crippen LogP) is 1.82. The van der Waals surface area contributed by atoms with E-state index in [-0.39, 0.29) is 0 Å². The van der Waals surface area contributed by atoms with Gasteiger partial charge in [-0.15, -0.1) is 0 Å². The summed E-state index contributed by atoms with van der Waals surface area (Å²) in [7, 11) is 0. The second-order valence-corrected chi connectivity index (χ2v) is 2.88. The largest absolute Gasteiger partial charge is 0.280 e. The zero-order valence-electron chi connectivity index (χ0n) is 5.57. The molecule has 0 amide bonds. The number of hydrogen-bond donors (Lipinski definition) is 1. The number of carbonyl (C=O) groups excluding carboxylic acids is 1. The molecule has 0 radical (unpaired) electrons. The molecule has 0 aliphatic heterocycles. The van der Waals surface area contributed by atoms with Crippen LogP contribution in [-0.2, 0) is 4.79 Å². The third kappa shape index (κ3) is 2.20. The molecule has 0 bridgehead atoms. The lowest BCUT2D eigenvalue weighted by Gasteiger charge is -2.02. The predicted molar refractivity (Wildman–Crippen MR) is 46.8 cm³/mol. The van der Waals surface area contributed by atoms with Crippen LogP contribution in [0, 0.1) is 0 Å². The average molecular weight is 188 g/mol. The molecule has 0 saturated carbocycles. The Kier molecular flexibility index (Phi) is 2.91. The summed E-state index contributed by atoms with van der Waals surface area (Å²) in [6.07, 6.45) is 3.19. The van der Waals surface area contributed by atoms with Crippen LogP contribution in [0.25, 0.3) is 0 Å². The summed E-state index contributed by atoms with van der Waals surface area (Å²) in [6, 6.07) is 3.41. The van der Waals surface area contributed by atoms with Crippen molar-refractivity contribution in [1.29, 1.82) is 0 Å². The van der Waals surface area contributed by atoms with E-state index < -0.39 is 10.5 Å². The monoisotopic (exact) mass is 187 g/mol. The minimum atomic E-state index is -0.542. The van der Waals surface area contributed by atoms with Crippen molar-refractivity contribution < 1.29 is 4.79 Å². The van der Waals surface area contributed by atoms with E-state index in [0.717, 1.165) is 5.56 Å². The van der Waals surface area contributed by atoms with E-state index in [0.29, 0.717) is 0 Å². The molecule has 1 aromatic heterocycles. The summed E-state index contributed by atoms with van der Waals surface area (Å²) in [5.41, 5.74) is 0.767. The van der Waals surface area contributed by atoms with Crippen molar-refractivity contribution in [3.63, 3.8) is 0 Å². The van der Waals surface area contributed by atoms with E-state index in [1.807, 2.05) is 0 Å². The number of thiol groups is 1. The van der Waals surface area contributed by atoms with Crippen LogP contribution in [0.5, 0.6) is 0 Å². The minimum absolute atomic E-state index is 0.473.